The van der Waals surface area contributed by atoms with Gasteiger partial charge in [-0.1, -0.05) is 29.9 Å². The average molecular weight is 295 g/mol. The number of aryl methyl sites for hydroxylation is 1. The minimum absolute atomic E-state index is 0.181. The highest BCUT2D eigenvalue weighted by atomic mass is 35.5. The van der Waals surface area contributed by atoms with E-state index in [1.165, 1.54) is 0 Å². The monoisotopic (exact) mass is 294 g/mol. The molecule has 96 valence electrons. The maximum Gasteiger partial charge on any atom is 0.254 e. The van der Waals surface area contributed by atoms with Gasteiger partial charge in [0.1, 0.15) is 0 Å². The summed E-state index contributed by atoms with van der Waals surface area (Å²) in [7, 11) is -3.40. The van der Waals surface area contributed by atoms with E-state index in [0.717, 1.165) is 30.6 Å². The van der Waals surface area contributed by atoms with Gasteiger partial charge in [-0.25, -0.2) is 13.4 Å². The summed E-state index contributed by atoms with van der Waals surface area (Å²) >= 11 is 6.82. The molecular formula is C10H15ClN2O2S2. The highest BCUT2D eigenvalue weighted by molar-refractivity contribution is 7.91. The molecule has 0 radical (unpaired) electrons. The first-order valence-corrected chi connectivity index (χ1v) is 8.25. The van der Waals surface area contributed by atoms with Gasteiger partial charge in [0.15, 0.2) is 8.68 Å². The molecule has 0 unspecified atom stereocenters. The van der Waals surface area contributed by atoms with Gasteiger partial charge in [0, 0.05) is 12.6 Å². The number of halogens is 1. The molecule has 0 spiro atoms. The van der Waals surface area contributed by atoms with Crippen molar-refractivity contribution < 1.29 is 8.42 Å². The molecule has 1 aliphatic rings. The van der Waals surface area contributed by atoms with Crippen LogP contribution in [-0.2, 0) is 10.0 Å². The fourth-order valence-corrected chi connectivity index (χ4v) is 5.41. The maximum absolute atomic E-state index is 12.5. The highest BCUT2D eigenvalue weighted by Crippen LogP contribution is 2.36. The van der Waals surface area contributed by atoms with Crippen molar-refractivity contribution in [1.29, 1.82) is 0 Å². The van der Waals surface area contributed by atoms with Crippen molar-refractivity contribution in [3.63, 3.8) is 0 Å². The second-order valence-corrected chi connectivity index (χ2v) is 7.85. The number of aromatic nitrogens is 1. The summed E-state index contributed by atoms with van der Waals surface area (Å²) in [5, 5.41) is 0. The van der Waals surface area contributed by atoms with Crippen LogP contribution in [0.1, 0.15) is 31.9 Å². The highest BCUT2D eigenvalue weighted by Gasteiger charge is 2.39. The summed E-state index contributed by atoms with van der Waals surface area (Å²) in [5.74, 6) is 0. The minimum Gasteiger partial charge on any atom is -0.229 e. The van der Waals surface area contributed by atoms with Crippen LogP contribution < -0.4 is 0 Å². The molecule has 1 heterocycles. The SMILES string of the molecule is CCCN(C1CC1)S(=O)(=O)c1sc(Cl)nc1C. The quantitative estimate of drug-likeness (QED) is 0.839. The Balaban J connectivity index is 2.36. The first-order valence-electron chi connectivity index (χ1n) is 5.61. The van der Waals surface area contributed by atoms with Gasteiger partial charge in [-0.05, 0) is 26.2 Å². The lowest BCUT2D eigenvalue weighted by Gasteiger charge is -2.20. The van der Waals surface area contributed by atoms with Crippen molar-refractivity contribution in [2.24, 2.45) is 0 Å². The van der Waals surface area contributed by atoms with Gasteiger partial charge in [-0.15, -0.1) is 0 Å². The molecule has 0 N–H and O–H groups in total. The minimum atomic E-state index is -3.40. The van der Waals surface area contributed by atoms with Crippen LogP contribution in [0.3, 0.4) is 0 Å². The summed E-state index contributed by atoms with van der Waals surface area (Å²) in [6.45, 7) is 4.24. The number of hydrogen-bond acceptors (Lipinski definition) is 4. The summed E-state index contributed by atoms with van der Waals surface area (Å²) in [6, 6.07) is 0.181. The smallest absolute Gasteiger partial charge is 0.229 e. The molecule has 1 aromatic rings. The van der Waals surface area contributed by atoms with E-state index in [9.17, 15) is 8.42 Å². The van der Waals surface area contributed by atoms with Crippen LogP contribution in [0.25, 0.3) is 0 Å². The third kappa shape index (κ3) is 2.65. The molecule has 0 amide bonds. The Bertz CT molecular complexity index is 508. The Hall–Kier alpha value is -0.170. The normalized spacial score (nSPS) is 16.7. The van der Waals surface area contributed by atoms with Crippen LogP contribution in [0.2, 0.25) is 4.47 Å². The lowest BCUT2D eigenvalue weighted by atomic mass is 10.5. The van der Waals surface area contributed by atoms with Gasteiger partial charge < -0.3 is 0 Å². The maximum atomic E-state index is 12.5. The molecule has 4 nitrogen and oxygen atoms in total. The average Bonchev–Trinajstić information content (AvgIpc) is 3.00. The predicted molar refractivity (Wildman–Crippen MR) is 69.1 cm³/mol. The number of hydrogen-bond donors (Lipinski definition) is 0. The van der Waals surface area contributed by atoms with E-state index in [4.69, 9.17) is 11.6 Å². The lowest BCUT2D eigenvalue weighted by molar-refractivity contribution is 0.404. The zero-order chi connectivity index (χ0) is 12.6. The van der Waals surface area contributed by atoms with Crippen molar-refractivity contribution in [3.05, 3.63) is 10.2 Å². The lowest BCUT2D eigenvalue weighted by Crippen LogP contribution is -2.33. The summed E-state index contributed by atoms with van der Waals surface area (Å²) in [6.07, 6.45) is 2.75. The summed E-state index contributed by atoms with van der Waals surface area (Å²) < 4.78 is 27.1. The van der Waals surface area contributed by atoms with E-state index >= 15 is 0 Å². The van der Waals surface area contributed by atoms with Gasteiger partial charge in [0.25, 0.3) is 10.0 Å². The van der Waals surface area contributed by atoms with E-state index in [2.05, 4.69) is 4.98 Å². The Labute approximate surface area is 111 Å². The second kappa shape index (κ2) is 4.84. The number of thiazole rings is 1. The molecule has 0 bridgehead atoms. The molecule has 0 saturated heterocycles. The predicted octanol–water partition coefficient (Wildman–Crippen LogP) is 2.67. The standard InChI is InChI=1S/C10H15ClN2O2S2/c1-3-6-13(8-4-5-8)17(14,15)9-7(2)12-10(11)16-9/h8H,3-6H2,1-2H3. The van der Waals surface area contributed by atoms with Crippen molar-refractivity contribution in [2.45, 2.75) is 43.4 Å². The Morgan fingerprint density at radius 2 is 2.18 bits per heavy atom. The first kappa shape index (κ1) is 13.3. The molecule has 7 heteroatoms. The van der Waals surface area contributed by atoms with E-state index < -0.39 is 10.0 Å². The molecule has 0 aliphatic heterocycles. The van der Waals surface area contributed by atoms with Crippen LogP contribution in [0, 0.1) is 6.92 Å². The number of rotatable bonds is 5. The molecule has 0 aromatic carbocycles. The molecule has 2 rings (SSSR count). The molecule has 17 heavy (non-hydrogen) atoms. The fraction of sp³-hybridized carbons (Fsp3) is 0.700. The molecule has 1 aromatic heterocycles. The van der Waals surface area contributed by atoms with Crippen LogP contribution in [-0.4, -0.2) is 30.3 Å². The Morgan fingerprint density at radius 3 is 2.59 bits per heavy atom. The van der Waals surface area contributed by atoms with Gasteiger partial charge in [0.2, 0.25) is 0 Å². The summed E-state index contributed by atoms with van der Waals surface area (Å²) in [5.41, 5.74) is 0.502. The molecule has 1 fully saturated rings. The summed E-state index contributed by atoms with van der Waals surface area (Å²) in [4.78, 5) is 3.98. The number of nitrogens with zero attached hydrogens (tertiary/aromatic N) is 2. The molecule has 1 saturated carbocycles. The molecule has 1 aliphatic carbocycles. The third-order valence-electron chi connectivity index (χ3n) is 2.67. The van der Waals surface area contributed by atoms with E-state index in [1.807, 2.05) is 6.92 Å². The van der Waals surface area contributed by atoms with E-state index in [0.29, 0.717) is 16.4 Å². The molecule has 0 atom stereocenters. The van der Waals surface area contributed by atoms with Crippen LogP contribution in [0.5, 0.6) is 0 Å². The first-order chi connectivity index (χ1) is 7.96. The fourth-order valence-electron chi connectivity index (χ4n) is 1.78. The van der Waals surface area contributed by atoms with Gasteiger partial charge in [-0.2, -0.15) is 4.31 Å². The second-order valence-electron chi connectivity index (χ2n) is 4.19. The van der Waals surface area contributed by atoms with Crippen LogP contribution in [0.15, 0.2) is 4.21 Å². The van der Waals surface area contributed by atoms with Gasteiger partial charge in [0.05, 0.1) is 5.69 Å². The third-order valence-corrected chi connectivity index (χ3v) is 6.47. The van der Waals surface area contributed by atoms with E-state index in [-0.39, 0.29) is 10.5 Å². The Kier molecular flexibility index (Phi) is 3.77. The zero-order valence-electron chi connectivity index (χ0n) is 9.81. The Morgan fingerprint density at radius 1 is 1.53 bits per heavy atom. The van der Waals surface area contributed by atoms with Crippen molar-refractivity contribution in [2.75, 3.05) is 6.54 Å². The largest absolute Gasteiger partial charge is 0.254 e. The van der Waals surface area contributed by atoms with E-state index in [1.54, 1.807) is 11.2 Å². The van der Waals surface area contributed by atoms with Gasteiger partial charge >= 0.3 is 0 Å². The van der Waals surface area contributed by atoms with Crippen LogP contribution in [0.4, 0.5) is 0 Å². The van der Waals surface area contributed by atoms with Crippen LogP contribution >= 0.6 is 22.9 Å². The van der Waals surface area contributed by atoms with Gasteiger partial charge in [-0.3, -0.25) is 0 Å². The topological polar surface area (TPSA) is 50.3 Å². The van der Waals surface area contributed by atoms with Crippen molar-refractivity contribution in [3.8, 4) is 0 Å². The molecular weight excluding hydrogens is 280 g/mol. The zero-order valence-corrected chi connectivity index (χ0v) is 12.2. The number of sulfonamides is 1. The van der Waals surface area contributed by atoms with Crippen molar-refractivity contribution in [1.82, 2.24) is 9.29 Å². The van der Waals surface area contributed by atoms with Crippen molar-refractivity contribution >= 4 is 33.0 Å².